The van der Waals surface area contributed by atoms with Crippen molar-refractivity contribution >= 4 is 17.5 Å². The highest BCUT2D eigenvalue weighted by atomic mass is 35.5. The maximum Gasteiger partial charge on any atom is 0.244 e. The van der Waals surface area contributed by atoms with Crippen molar-refractivity contribution < 1.29 is 4.79 Å². The van der Waals surface area contributed by atoms with Crippen LogP contribution in [-0.4, -0.2) is 62.1 Å². The number of aromatic nitrogens is 4. The topological polar surface area (TPSA) is 67.2 Å². The molecule has 0 N–H and O–H groups in total. The molecule has 1 fully saturated rings. The van der Waals surface area contributed by atoms with Crippen LogP contribution in [0.5, 0.6) is 0 Å². The quantitative estimate of drug-likeness (QED) is 0.773. The Morgan fingerprint density at radius 1 is 1.38 bits per heavy atom. The van der Waals surface area contributed by atoms with Crippen LogP contribution in [0.1, 0.15) is 37.6 Å². The van der Waals surface area contributed by atoms with E-state index in [1.165, 1.54) is 0 Å². The second-order valence-corrected chi connectivity index (χ2v) is 7.52. The summed E-state index contributed by atoms with van der Waals surface area (Å²) >= 11 is 6.30. The standard InChI is InChI=1S/C18H25ClN6O/c1-13(2)23(3)11-17-20-21-22-25(17)12-18(26)24-9-8-14(10-24)15-6-4-5-7-16(15)19/h4-7,13-14H,8-12H2,1-3H3. The number of amides is 1. The smallest absolute Gasteiger partial charge is 0.244 e. The van der Waals surface area contributed by atoms with Crippen molar-refractivity contribution in [2.75, 3.05) is 20.1 Å². The van der Waals surface area contributed by atoms with E-state index < -0.39 is 0 Å². The number of hydrogen-bond acceptors (Lipinski definition) is 5. The average molecular weight is 377 g/mol. The van der Waals surface area contributed by atoms with E-state index in [1.807, 2.05) is 36.2 Å². The van der Waals surface area contributed by atoms with E-state index >= 15 is 0 Å². The van der Waals surface area contributed by atoms with E-state index in [4.69, 9.17) is 11.6 Å². The molecule has 1 aromatic carbocycles. The van der Waals surface area contributed by atoms with Crippen molar-refractivity contribution in [1.29, 1.82) is 0 Å². The highest BCUT2D eigenvalue weighted by Crippen LogP contribution is 2.31. The molecule has 0 spiro atoms. The van der Waals surface area contributed by atoms with E-state index in [9.17, 15) is 4.79 Å². The van der Waals surface area contributed by atoms with E-state index in [1.54, 1.807) is 4.68 Å². The number of rotatable bonds is 6. The van der Waals surface area contributed by atoms with Crippen LogP contribution < -0.4 is 0 Å². The van der Waals surface area contributed by atoms with Gasteiger partial charge in [0.1, 0.15) is 6.54 Å². The second-order valence-electron chi connectivity index (χ2n) is 7.11. The Morgan fingerprint density at radius 2 is 2.15 bits per heavy atom. The van der Waals surface area contributed by atoms with Gasteiger partial charge >= 0.3 is 0 Å². The maximum absolute atomic E-state index is 12.7. The van der Waals surface area contributed by atoms with Gasteiger partial charge < -0.3 is 4.90 Å². The Morgan fingerprint density at radius 3 is 2.88 bits per heavy atom. The van der Waals surface area contributed by atoms with Crippen molar-refractivity contribution in [3.63, 3.8) is 0 Å². The summed E-state index contributed by atoms with van der Waals surface area (Å²) in [6, 6.07) is 8.24. The summed E-state index contributed by atoms with van der Waals surface area (Å²) in [5, 5.41) is 12.6. The van der Waals surface area contributed by atoms with Crippen molar-refractivity contribution in [1.82, 2.24) is 30.0 Å². The number of carbonyl (C=O) groups excluding carboxylic acids is 1. The molecular formula is C18H25ClN6O. The number of tetrazole rings is 1. The van der Waals surface area contributed by atoms with E-state index in [2.05, 4.69) is 34.3 Å². The molecule has 2 aromatic rings. The van der Waals surface area contributed by atoms with E-state index in [-0.39, 0.29) is 18.4 Å². The maximum atomic E-state index is 12.7. The van der Waals surface area contributed by atoms with Crippen LogP contribution in [0.3, 0.4) is 0 Å². The minimum atomic E-state index is 0.0419. The lowest BCUT2D eigenvalue weighted by molar-refractivity contribution is -0.131. The lowest BCUT2D eigenvalue weighted by Gasteiger charge is -2.21. The minimum Gasteiger partial charge on any atom is -0.340 e. The average Bonchev–Trinajstić information content (AvgIpc) is 3.25. The fraction of sp³-hybridized carbons (Fsp3) is 0.556. The zero-order chi connectivity index (χ0) is 18.7. The van der Waals surface area contributed by atoms with Gasteiger partial charge in [0, 0.05) is 30.1 Å². The third kappa shape index (κ3) is 4.22. The normalized spacial score (nSPS) is 17.5. The highest BCUT2D eigenvalue weighted by Gasteiger charge is 2.29. The summed E-state index contributed by atoms with van der Waals surface area (Å²) in [6.45, 7) is 6.42. The Bertz CT molecular complexity index is 762. The van der Waals surface area contributed by atoms with Crippen LogP contribution in [0.15, 0.2) is 24.3 Å². The molecule has 1 unspecified atom stereocenters. The summed E-state index contributed by atoms with van der Waals surface area (Å²) in [6.07, 6.45) is 0.925. The summed E-state index contributed by atoms with van der Waals surface area (Å²) < 4.78 is 1.60. The summed E-state index contributed by atoms with van der Waals surface area (Å²) in [5.74, 6) is 1.03. The lowest BCUT2D eigenvalue weighted by atomic mass is 9.98. The Balaban J connectivity index is 1.62. The first kappa shape index (κ1) is 18.8. The van der Waals surface area contributed by atoms with Gasteiger partial charge in [-0.3, -0.25) is 9.69 Å². The van der Waals surface area contributed by atoms with Gasteiger partial charge in [-0.1, -0.05) is 29.8 Å². The zero-order valence-electron chi connectivity index (χ0n) is 15.5. The number of carbonyl (C=O) groups is 1. The van der Waals surface area contributed by atoms with Crippen molar-refractivity contribution in [2.45, 2.75) is 45.3 Å². The lowest BCUT2D eigenvalue weighted by Crippen LogP contribution is -2.33. The molecule has 1 aliphatic rings. The van der Waals surface area contributed by atoms with Gasteiger partial charge in [0.05, 0.1) is 6.54 Å². The third-order valence-electron chi connectivity index (χ3n) is 5.05. The van der Waals surface area contributed by atoms with Gasteiger partial charge in [-0.15, -0.1) is 5.10 Å². The van der Waals surface area contributed by atoms with Crippen LogP contribution in [0.4, 0.5) is 0 Å². The van der Waals surface area contributed by atoms with Gasteiger partial charge in [0.15, 0.2) is 5.82 Å². The fourth-order valence-electron chi connectivity index (χ4n) is 3.14. The molecule has 140 valence electrons. The molecular weight excluding hydrogens is 352 g/mol. The molecule has 26 heavy (non-hydrogen) atoms. The van der Waals surface area contributed by atoms with Gasteiger partial charge in [-0.2, -0.15) is 0 Å². The Hall–Kier alpha value is -1.99. The first-order chi connectivity index (χ1) is 12.5. The number of hydrogen-bond donors (Lipinski definition) is 0. The summed E-state index contributed by atoms with van der Waals surface area (Å²) in [4.78, 5) is 16.7. The molecule has 3 rings (SSSR count). The first-order valence-electron chi connectivity index (χ1n) is 8.93. The molecule has 1 amide bonds. The number of likely N-dealkylation sites (tertiary alicyclic amines) is 1. The fourth-order valence-corrected chi connectivity index (χ4v) is 3.43. The number of nitrogens with zero attached hydrogens (tertiary/aromatic N) is 6. The molecule has 1 saturated heterocycles. The number of halogens is 1. The molecule has 1 aliphatic heterocycles. The van der Waals surface area contributed by atoms with Crippen LogP contribution in [0, 0.1) is 0 Å². The van der Waals surface area contributed by atoms with Gasteiger partial charge in [0.25, 0.3) is 0 Å². The second kappa shape index (κ2) is 8.14. The third-order valence-corrected chi connectivity index (χ3v) is 5.39. The van der Waals surface area contributed by atoms with Gasteiger partial charge in [-0.25, -0.2) is 4.68 Å². The SMILES string of the molecule is CC(C)N(C)Cc1nnnn1CC(=O)N1CCC(c2ccccc2Cl)C1. The Labute approximate surface area is 158 Å². The van der Waals surface area contributed by atoms with Crippen LogP contribution in [0.25, 0.3) is 0 Å². The van der Waals surface area contributed by atoms with Crippen molar-refractivity contribution in [3.05, 3.63) is 40.7 Å². The molecule has 0 bridgehead atoms. The largest absolute Gasteiger partial charge is 0.340 e. The molecule has 0 saturated carbocycles. The van der Waals surface area contributed by atoms with Gasteiger partial charge in [-0.05, 0) is 49.4 Å². The monoisotopic (exact) mass is 376 g/mol. The Kier molecular flexibility index (Phi) is 5.88. The molecule has 2 heterocycles. The highest BCUT2D eigenvalue weighted by molar-refractivity contribution is 6.31. The summed E-state index contributed by atoms with van der Waals surface area (Å²) in [5.41, 5.74) is 1.12. The van der Waals surface area contributed by atoms with E-state index in [0.717, 1.165) is 23.6 Å². The molecule has 0 radical (unpaired) electrons. The number of benzene rings is 1. The molecule has 0 aliphatic carbocycles. The zero-order valence-corrected chi connectivity index (χ0v) is 16.2. The molecule has 1 atom stereocenters. The molecule has 1 aromatic heterocycles. The first-order valence-corrected chi connectivity index (χ1v) is 9.31. The molecule has 7 nitrogen and oxygen atoms in total. The van der Waals surface area contributed by atoms with Crippen LogP contribution in [-0.2, 0) is 17.9 Å². The minimum absolute atomic E-state index is 0.0419. The van der Waals surface area contributed by atoms with E-state index in [0.29, 0.717) is 25.0 Å². The van der Waals surface area contributed by atoms with Crippen molar-refractivity contribution in [3.8, 4) is 0 Å². The molecule has 8 heteroatoms. The predicted octanol–water partition coefficient (Wildman–Crippen LogP) is 2.18. The van der Waals surface area contributed by atoms with Crippen molar-refractivity contribution in [2.24, 2.45) is 0 Å². The van der Waals surface area contributed by atoms with Gasteiger partial charge in [0.2, 0.25) is 5.91 Å². The summed E-state index contributed by atoms with van der Waals surface area (Å²) in [7, 11) is 2.01. The van der Waals surface area contributed by atoms with Crippen LogP contribution >= 0.6 is 11.6 Å². The predicted molar refractivity (Wildman–Crippen MR) is 99.8 cm³/mol. The van der Waals surface area contributed by atoms with Crippen LogP contribution in [0.2, 0.25) is 5.02 Å².